The predicted molar refractivity (Wildman–Crippen MR) is 70.7 cm³/mol. The van der Waals surface area contributed by atoms with Gasteiger partial charge in [0.15, 0.2) is 0 Å². The van der Waals surface area contributed by atoms with Gasteiger partial charge in [-0.15, -0.1) is 0 Å². The second kappa shape index (κ2) is 5.42. The molecule has 0 spiro atoms. The molecule has 0 amide bonds. The first kappa shape index (κ1) is 12.3. The maximum atomic E-state index is 4.44. The van der Waals surface area contributed by atoms with Crippen molar-refractivity contribution in [3.8, 4) is 0 Å². The van der Waals surface area contributed by atoms with Crippen LogP contribution in [0.2, 0.25) is 0 Å². The Hall–Kier alpha value is -1.20. The van der Waals surface area contributed by atoms with Crippen molar-refractivity contribution in [2.45, 2.75) is 13.0 Å². The summed E-state index contributed by atoms with van der Waals surface area (Å²) < 4.78 is 2.86. The lowest BCUT2D eigenvalue weighted by molar-refractivity contribution is 0.562. The van der Waals surface area contributed by atoms with Crippen molar-refractivity contribution < 1.29 is 0 Å². The van der Waals surface area contributed by atoms with Crippen molar-refractivity contribution in [3.05, 3.63) is 46.5 Å². The Balaban J connectivity index is 2.35. The maximum Gasteiger partial charge on any atom is 0.0921 e. The SMILES string of the molecule is CCNC(c1ccc(Br)cn1)c1ccnn1C. The van der Waals surface area contributed by atoms with Crippen LogP contribution < -0.4 is 5.32 Å². The second-order valence-electron chi connectivity index (χ2n) is 3.77. The van der Waals surface area contributed by atoms with Gasteiger partial charge in [0, 0.05) is 23.9 Å². The Morgan fingerprint density at radius 2 is 2.24 bits per heavy atom. The van der Waals surface area contributed by atoms with Crippen LogP contribution in [0.3, 0.4) is 0 Å². The highest BCUT2D eigenvalue weighted by Gasteiger charge is 2.17. The normalized spacial score (nSPS) is 12.6. The fourth-order valence-electron chi connectivity index (χ4n) is 1.79. The first-order valence-electron chi connectivity index (χ1n) is 5.55. The molecule has 0 bridgehead atoms. The Morgan fingerprint density at radius 1 is 1.41 bits per heavy atom. The minimum atomic E-state index is 0.0839. The highest BCUT2D eigenvalue weighted by Crippen LogP contribution is 2.20. The molecule has 1 atom stereocenters. The standard InChI is InChI=1S/C12H15BrN4/c1-3-14-12(11-6-7-16-17(11)2)10-5-4-9(13)8-15-10/h4-8,12,14H,3H2,1-2H3. The molecule has 5 heteroatoms. The fourth-order valence-corrected chi connectivity index (χ4v) is 2.02. The Labute approximate surface area is 109 Å². The molecule has 1 N–H and O–H groups in total. The Kier molecular flexibility index (Phi) is 3.91. The Bertz CT molecular complexity index is 478. The van der Waals surface area contributed by atoms with E-state index in [4.69, 9.17) is 0 Å². The largest absolute Gasteiger partial charge is 0.304 e. The van der Waals surface area contributed by atoms with Crippen molar-refractivity contribution in [2.24, 2.45) is 7.05 Å². The number of hydrogen-bond acceptors (Lipinski definition) is 3. The lowest BCUT2D eigenvalue weighted by Gasteiger charge is -2.17. The third-order valence-electron chi connectivity index (χ3n) is 2.61. The fraction of sp³-hybridized carbons (Fsp3) is 0.333. The van der Waals surface area contributed by atoms with Crippen molar-refractivity contribution in [1.82, 2.24) is 20.1 Å². The summed E-state index contributed by atoms with van der Waals surface area (Å²) in [6, 6.07) is 6.12. The van der Waals surface area contributed by atoms with Gasteiger partial charge in [0.25, 0.3) is 0 Å². The summed E-state index contributed by atoms with van der Waals surface area (Å²) in [6.07, 6.45) is 3.62. The quantitative estimate of drug-likeness (QED) is 0.941. The summed E-state index contributed by atoms with van der Waals surface area (Å²) in [5, 5.41) is 7.63. The van der Waals surface area contributed by atoms with E-state index >= 15 is 0 Å². The van der Waals surface area contributed by atoms with Gasteiger partial charge < -0.3 is 5.32 Å². The van der Waals surface area contributed by atoms with Crippen LogP contribution in [-0.4, -0.2) is 21.3 Å². The van der Waals surface area contributed by atoms with Gasteiger partial charge in [-0.2, -0.15) is 5.10 Å². The minimum Gasteiger partial charge on any atom is -0.304 e. The van der Waals surface area contributed by atoms with Gasteiger partial charge in [-0.05, 0) is 40.7 Å². The molecule has 2 rings (SSSR count). The van der Waals surface area contributed by atoms with Crippen molar-refractivity contribution in [1.29, 1.82) is 0 Å². The summed E-state index contributed by atoms with van der Waals surface area (Å²) in [7, 11) is 1.94. The molecule has 17 heavy (non-hydrogen) atoms. The molecular weight excluding hydrogens is 280 g/mol. The monoisotopic (exact) mass is 294 g/mol. The van der Waals surface area contributed by atoms with Crippen LogP contribution in [-0.2, 0) is 7.05 Å². The first-order chi connectivity index (χ1) is 8.22. The summed E-state index contributed by atoms with van der Waals surface area (Å²) in [5.74, 6) is 0. The molecule has 2 heterocycles. The van der Waals surface area contributed by atoms with Gasteiger partial charge in [0.05, 0.1) is 17.4 Å². The van der Waals surface area contributed by atoms with E-state index in [1.807, 2.05) is 36.1 Å². The summed E-state index contributed by atoms with van der Waals surface area (Å²) in [6.45, 7) is 2.97. The lowest BCUT2D eigenvalue weighted by atomic mass is 10.1. The molecule has 0 fully saturated rings. The highest BCUT2D eigenvalue weighted by atomic mass is 79.9. The molecule has 2 aromatic rings. The maximum absolute atomic E-state index is 4.44. The second-order valence-corrected chi connectivity index (χ2v) is 4.69. The number of pyridine rings is 1. The molecule has 0 aliphatic rings. The van der Waals surface area contributed by atoms with E-state index < -0.39 is 0 Å². The van der Waals surface area contributed by atoms with Crippen LogP contribution >= 0.6 is 15.9 Å². The number of rotatable bonds is 4. The van der Waals surface area contributed by atoms with Gasteiger partial charge in [-0.25, -0.2) is 0 Å². The zero-order chi connectivity index (χ0) is 12.3. The highest BCUT2D eigenvalue weighted by molar-refractivity contribution is 9.10. The zero-order valence-corrected chi connectivity index (χ0v) is 11.5. The van der Waals surface area contributed by atoms with Crippen molar-refractivity contribution >= 4 is 15.9 Å². The third-order valence-corrected chi connectivity index (χ3v) is 3.08. The molecule has 0 saturated heterocycles. The van der Waals surface area contributed by atoms with Crippen LogP contribution in [0.1, 0.15) is 24.4 Å². The van der Waals surface area contributed by atoms with Gasteiger partial charge in [-0.1, -0.05) is 6.92 Å². The summed E-state index contributed by atoms with van der Waals surface area (Å²) in [4.78, 5) is 4.44. The molecule has 90 valence electrons. The smallest absolute Gasteiger partial charge is 0.0921 e. The van der Waals surface area contributed by atoms with Crippen LogP contribution in [0.25, 0.3) is 0 Å². The van der Waals surface area contributed by atoms with E-state index in [1.165, 1.54) is 0 Å². The average Bonchev–Trinajstić information content (AvgIpc) is 2.74. The van der Waals surface area contributed by atoms with Crippen molar-refractivity contribution in [2.75, 3.05) is 6.54 Å². The van der Waals surface area contributed by atoms with Gasteiger partial charge in [-0.3, -0.25) is 9.67 Å². The van der Waals surface area contributed by atoms with Crippen LogP contribution in [0.4, 0.5) is 0 Å². The van der Waals surface area contributed by atoms with E-state index in [2.05, 4.69) is 38.3 Å². The van der Waals surface area contributed by atoms with E-state index in [9.17, 15) is 0 Å². The molecule has 1 unspecified atom stereocenters. The Morgan fingerprint density at radius 3 is 2.76 bits per heavy atom. The molecule has 0 saturated carbocycles. The van der Waals surface area contributed by atoms with Crippen LogP contribution in [0.5, 0.6) is 0 Å². The van der Waals surface area contributed by atoms with E-state index in [1.54, 1.807) is 6.20 Å². The number of aromatic nitrogens is 3. The molecular formula is C12H15BrN4. The summed E-state index contributed by atoms with van der Waals surface area (Å²) >= 11 is 3.40. The lowest BCUT2D eigenvalue weighted by Crippen LogP contribution is -2.25. The van der Waals surface area contributed by atoms with Crippen molar-refractivity contribution in [3.63, 3.8) is 0 Å². The molecule has 0 aliphatic carbocycles. The number of nitrogens with one attached hydrogen (secondary N) is 1. The molecule has 4 nitrogen and oxygen atoms in total. The minimum absolute atomic E-state index is 0.0839. The van der Waals surface area contributed by atoms with Gasteiger partial charge in [0.2, 0.25) is 0 Å². The zero-order valence-electron chi connectivity index (χ0n) is 9.89. The van der Waals surface area contributed by atoms with Gasteiger partial charge in [0.1, 0.15) is 0 Å². The number of halogens is 1. The third kappa shape index (κ3) is 2.73. The molecule has 0 radical (unpaired) electrons. The molecule has 0 aliphatic heterocycles. The first-order valence-corrected chi connectivity index (χ1v) is 6.34. The average molecular weight is 295 g/mol. The van der Waals surface area contributed by atoms with Gasteiger partial charge >= 0.3 is 0 Å². The van der Waals surface area contributed by atoms with E-state index in [0.717, 1.165) is 22.4 Å². The summed E-state index contributed by atoms with van der Waals surface area (Å²) in [5.41, 5.74) is 2.11. The van der Waals surface area contributed by atoms with Crippen LogP contribution in [0, 0.1) is 0 Å². The number of aryl methyl sites for hydroxylation is 1. The predicted octanol–water partition coefficient (Wildman–Crippen LogP) is 2.28. The number of nitrogens with zero attached hydrogens (tertiary/aromatic N) is 3. The molecule has 2 aromatic heterocycles. The molecule has 0 aromatic carbocycles. The number of hydrogen-bond donors (Lipinski definition) is 1. The van der Waals surface area contributed by atoms with Crippen LogP contribution in [0.15, 0.2) is 35.1 Å². The van der Waals surface area contributed by atoms with E-state index in [-0.39, 0.29) is 6.04 Å². The topological polar surface area (TPSA) is 42.7 Å². The van der Waals surface area contributed by atoms with E-state index in [0.29, 0.717) is 0 Å².